The number of carbonyl (C=O) groups is 1. The van der Waals surface area contributed by atoms with Crippen LogP contribution < -0.4 is 15.0 Å². The van der Waals surface area contributed by atoms with E-state index >= 15 is 0 Å². The van der Waals surface area contributed by atoms with Gasteiger partial charge in [-0.1, -0.05) is 0 Å². The molecule has 1 aliphatic rings. The van der Waals surface area contributed by atoms with Gasteiger partial charge in [-0.25, -0.2) is 14.4 Å². The molecule has 28 heavy (non-hydrogen) atoms. The zero-order valence-electron chi connectivity index (χ0n) is 14.7. The van der Waals surface area contributed by atoms with Crippen LogP contribution in [0.2, 0.25) is 0 Å². The lowest BCUT2D eigenvalue weighted by Crippen LogP contribution is -2.54. The first-order chi connectivity index (χ1) is 13.5. The van der Waals surface area contributed by atoms with E-state index in [1.54, 1.807) is 13.0 Å². The smallest absolute Gasteiger partial charge is 0.278 e. The van der Waals surface area contributed by atoms with Crippen molar-refractivity contribution in [2.75, 3.05) is 23.3 Å². The Morgan fingerprint density at radius 3 is 2.86 bits per heavy atom. The molecule has 0 saturated carbocycles. The highest BCUT2D eigenvalue weighted by molar-refractivity contribution is 9.10. The van der Waals surface area contributed by atoms with E-state index in [1.807, 2.05) is 4.90 Å². The summed E-state index contributed by atoms with van der Waals surface area (Å²) >= 11 is 3.34. The number of benzene rings is 1. The highest BCUT2D eigenvalue weighted by Gasteiger charge is 2.30. The van der Waals surface area contributed by atoms with Crippen LogP contribution in [0.4, 0.5) is 16.2 Å². The molecule has 9 nitrogen and oxygen atoms in total. The lowest BCUT2D eigenvalue weighted by Gasteiger charge is -2.39. The second kappa shape index (κ2) is 7.50. The van der Waals surface area contributed by atoms with Crippen LogP contribution in [0.1, 0.15) is 16.3 Å². The van der Waals surface area contributed by atoms with E-state index in [4.69, 9.17) is 4.74 Å². The number of aromatic amines is 1. The van der Waals surface area contributed by atoms with E-state index in [0.717, 1.165) is 0 Å². The van der Waals surface area contributed by atoms with Crippen molar-refractivity contribution in [1.82, 2.24) is 25.1 Å². The number of halogens is 2. The van der Waals surface area contributed by atoms with Crippen LogP contribution in [-0.2, 0) is 0 Å². The largest absolute Gasteiger partial charge is 0.485 e. The molecule has 1 saturated heterocycles. The number of nitrogens with one attached hydrogen (secondary N) is 2. The minimum atomic E-state index is -0.446. The fourth-order valence-corrected chi connectivity index (χ4v) is 2.95. The summed E-state index contributed by atoms with van der Waals surface area (Å²) in [6, 6.07) is 4.31. The second-order valence-corrected chi connectivity index (χ2v) is 7.03. The SMILES string of the molecule is Cc1nc(NC(=O)c2cnc(N3CC(Oc4cc(F)ccc4Br)C3)cn2)n[nH]1. The first-order valence-corrected chi connectivity index (χ1v) is 9.16. The molecule has 0 atom stereocenters. The van der Waals surface area contributed by atoms with Crippen LogP contribution in [0.25, 0.3) is 0 Å². The number of aromatic nitrogens is 5. The normalized spacial score (nSPS) is 13.9. The van der Waals surface area contributed by atoms with Gasteiger partial charge in [-0.2, -0.15) is 4.98 Å². The quantitative estimate of drug-likeness (QED) is 0.617. The molecular formula is C17H15BrFN7O2. The number of hydrogen-bond donors (Lipinski definition) is 2. The average Bonchev–Trinajstić information content (AvgIpc) is 3.05. The molecular weight excluding hydrogens is 433 g/mol. The Labute approximate surface area is 167 Å². The Hall–Kier alpha value is -3.08. The zero-order valence-corrected chi connectivity index (χ0v) is 16.3. The van der Waals surface area contributed by atoms with E-state index in [9.17, 15) is 9.18 Å². The third-order valence-electron chi connectivity index (χ3n) is 4.05. The lowest BCUT2D eigenvalue weighted by molar-refractivity contribution is 0.102. The molecule has 0 bridgehead atoms. The van der Waals surface area contributed by atoms with Crippen LogP contribution in [-0.4, -0.2) is 50.2 Å². The van der Waals surface area contributed by atoms with Crippen LogP contribution in [0.3, 0.4) is 0 Å². The van der Waals surface area contributed by atoms with Crippen LogP contribution in [0.15, 0.2) is 35.1 Å². The first-order valence-electron chi connectivity index (χ1n) is 8.37. The topological polar surface area (TPSA) is 109 Å². The molecule has 3 aromatic rings. The van der Waals surface area contributed by atoms with Gasteiger partial charge in [-0.3, -0.25) is 15.2 Å². The Morgan fingerprint density at radius 1 is 1.36 bits per heavy atom. The highest BCUT2D eigenvalue weighted by Crippen LogP contribution is 2.29. The molecule has 0 spiro atoms. The van der Waals surface area contributed by atoms with E-state index in [1.165, 1.54) is 24.5 Å². The van der Waals surface area contributed by atoms with Gasteiger partial charge in [0.15, 0.2) is 0 Å². The Morgan fingerprint density at radius 2 is 2.18 bits per heavy atom. The molecule has 1 aromatic carbocycles. The first kappa shape index (κ1) is 18.3. The summed E-state index contributed by atoms with van der Waals surface area (Å²) in [6.07, 6.45) is 2.82. The van der Waals surface area contributed by atoms with Crippen molar-refractivity contribution in [2.45, 2.75) is 13.0 Å². The molecule has 0 radical (unpaired) electrons. The van der Waals surface area contributed by atoms with Gasteiger partial charge in [-0.05, 0) is 35.0 Å². The number of H-pyrrole nitrogens is 1. The number of carbonyl (C=O) groups excluding carboxylic acids is 1. The third kappa shape index (κ3) is 3.93. The molecule has 4 rings (SSSR count). The number of hydrogen-bond acceptors (Lipinski definition) is 7. The van der Waals surface area contributed by atoms with Gasteiger partial charge in [0.2, 0.25) is 5.95 Å². The van der Waals surface area contributed by atoms with Crippen molar-refractivity contribution in [3.05, 3.63) is 52.4 Å². The molecule has 1 aliphatic heterocycles. The van der Waals surface area contributed by atoms with Gasteiger partial charge in [0, 0.05) is 6.07 Å². The Balaban J connectivity index is 1.33. The third-order valence-corrected chi connectivity index (χ3v) is 4.71. The summed E-state index contributed by atoms with van der Waals surface area (Å²) < 4.78 is 19.8. The maximum absolute atomic E-state index is 13.3. The lowest BCUT2D eigenvalue weighted by atomic mass is 10.1. The predicted molar refractivity (Wildman–Crippen MR) is 102 cm³/mol. The number of aryl methyl sites for hydroxylation is 1. The summed E-state index contributed by atoms with van der Waals surface area (Å²) in [6.45, 7) is 2.90. The van der Waals surface area contributed by atoms with E-state index < -0.39 is 5.91 Å². The maximum atomic E-state index is 13.3. The van der Waals surface area contributed by atoms with Crippen molar-refractivity contribution < 1.29 is 13.9 Å². The van der Waals surface area contributed by atoms with Crippen molar-refractivity contribution in [3.63, 3.8) is 0 Å². The standard InChI is InChI=1S/C17H15BrFN7O2/c1-9-22-17(25-24-9)23-16(27)13-5-21-15(6-20-13)26-7-11(8-26)28-14-4-10(19)2-3-12(14)18/h2-6,11H,7-8H2,1H3,(H2,22,23,24,25,27). The van der Waals surface area contributed by atoms with Crippen LogP contribution in [0.5, 0.6) is 5.75 Å². The minimum absolute atomic E-state index is 0.0862. The van der Waals surface area contributed by atoms with Gasteiger partial charge in [-0.15, -0.1) is 5.10 Å². The molecule has 1 fully saturated rings. The molecule has 11 heteroatoms. The van der Waals surface area contributed by atoms with Gasteiger partial charge in [0.1, 0.15) is 35.0 Å². The van der Waals surface area contributed by atoms with Crippen LogP contribution in [0, 0.1) is 12.7 Å². The maximum Gasteiger partial charge on any atom is 0.278 e. The second-order valence-electron chi connectivity index (χ2n) is 6.18. The van der Waals surface area contributed by atoms with E-state index in [-0.39, 0.29) is 23.6 Å². The molecule has 2 N–H and O–H groups in total. The zero-order chi connectivity index (χ0) is 19.7. The molecule has 2 aromatic heterocycles. The Kier molecular flexibility index (Phi) is 4.90. The van der Waals surface area contributed by atoms with E-state index in [0.29, 0.717) is 35.0 Å². The number of rotatable bonds is 5. The van der Waals surface area contributed by atoms with Crippen molar-refractivity contribution in [3.8, 4) is 5.75 Å². The number of anilines is 2. The predicted octanol–water partition coefficient (Wildman–Crippen LogP) is 2.32. The summed E-state index contributed by atoms with van der Waals surface area (Å²) in [5.41, 5.74) is 0.156. The summed E-state index contributed by atoms with van der Waals surface area (Å²) in [5.74, 6) is 1.07. The van der Waals surface area contributed by atoms with Crippen LogP contribution >= 0.6 is 15.9 Å². The number of nitrogens with zero attached hydrogens (tertiary/aromatic N) is 5. The molecule has 3 heterocycles. The van der Waals surface area contributed by atoms with Crippen molar-refractivity contribution in [1.29, 1.82) is 0 Å². The number of ether oxygens (including phenoxy) is 1. The van der Waals surface area contributed by atoms with Crippen molar-refractivity contribution >= 4 is 33.6 Å². The van der Waals surface area contributed by atoms with E-state index in [2.05, 4.69) is 46.4 Å². The molecule has 1 amide bonds. The molecule has 144 valence electrons. The fraction of sp³-hybridized carbons (Fsp3) is 0.235. The van der Waals surface area contributed by atoms with Gasteiger partial charge >= 0.3 is 0 Å². The molecule has 0 unspecified atom stereocenters. The summed E-state index contributed by atoms with van der Waals surface area (Å²) in [5, 5.41) is 9.01. The monoisotopic (exact) mass is 447 g/mol. The summed E-state index contributed by atoms with van der Waals surface area (Å²) in [4.78, 5) is 26.5. The summed E-state index contributed by atoms with van der Waals surface area (Å²) in [7, 11) is 0. The molecule has 0 aliphatic carbocycles. The fourth-order valence-electron chi connectivity index (χ4n) is 2.61. The van der Waals surface area contributed by atoms with Crippen molar-refractivity contribution in [2.24, 2.45) is 0 Å². The van der Waals surface area contributed by atoms with Gasteiger partial charge in [0.25, 0.3) is 5.91 Å². The minimum Gasteiger partial charge on any atom is -0.485 e. The Bertz CT molecular complexity index is 1000. The van der Waals surface area contributed by atoms with Gasteiger partial charge in [0.05, 0.1) is 30.0 Å². The average molecular weight is 448 g/mol. The number of amides is 1. The highest BCUT2D eigenvalue weighted by atomic mass is 79.9. The van der Waals surface area contributed by atoms with Gasteiger partial charge < -0.3 is 9.64 Å².